The average molecular weight is 789 g/mol. The molecule has 58 heavy (non-hydrogen) atoms. The molecule has 2 aromatic carbocycles. The van der Waals surface area contributed by atoms with Crippen LogP contribution in [0.2, 0.25) is 0 Å². The molecule has 5 heterocycles. The largest absolute Gasteiger partial charge is 0.495 e. The number of anilines is 1. The van der Waals surface area contributed by atoms with Crippen molar-refractivity contribution < 1.29 is 29.0 Å². The van der Waals surface area contributed by atoms with E-state index in [1.165, 1.54) is 13.2 Å². The predicted octanol–water partition coefficient (Wildman–Crippen LogP) is 4.13. The van der Waals surface area contributed by atoms with E-state index in [1.807, 2.05) is 55.2 Å². The zero-order valence-corrected chi connectivity index (χ0v) is 32.8. The Balaban J connectivity index is 1.33. The lowest BCUT2D eigenvalue weighted by Gasteiger charge is -2.13. The normalized spacial score (nSPS) is 11.7. The molecule has 3 amide bonds. The number of ether oxygens (including phenoxy) is 2. The highest BCUT2D eigenvalue weighted by Crippen LogP contribution is 2.37. The average Bonchev–Trinajstić information content (AvgIpc) is 3.97. The van der Waals surface area contributed by atoms with Gasteiger partial charge < -0.3 is 35.2 Å². The summed E-state index contributed by atoms with van der Waals surface area (Å²) in [6.07, 6.45) is 5.90. The van der Waals surface area contributed by atoms with Crippen molar-refractivity contribution in [3.05, 3.63) is 83.0 Å². The minimum atomic E-state index is -0.679. The lowest BCUT2D eigenvalue weighted by Crippen LogP contribution is -2.20. The van der Waals surface area contributed by atoms with Gasteiger partial charge in [-0.05, 0) is 64.1 Å². The fraction of sp³-hybridized carbons (Fsp3) is 0.300. The molecule has 0 saturated carbocycles. The van der Waals surface area contributed by atoms with Gasteiger partial charge in [-0.25, -0.2) is 15.0 Å². The summed E-state index contributed by atoms with van der Waals surface area (Å²) >= 11 is 0. The first kappa shape index (κ1) is 39.2. The first-order chi connectivity index (χ1) is 28.0. The molecule has 0 saturated heterocycles. The lowest BCUT2D eigenvalue weighted by atomic mass is 10.1. The zero-order chi connectivity index (χ0) is 41.2. The number of hydrogen-bond acceptors (Lipinski definition) is 11. The number of aliphatic hydroxyl groups is 1. The highest BCUT2D eigenvalue weighted by molar-refractivity contribution is 6.12. The van der Waals surface area contributed by atoms with E-state index in [4.69, 9.17) is 35.9 Å². The molecular weight excluding hydrogens is 745 g/mol. The van der Waals surface area contributed by atoms with Gasteiger partial charge in [0, 0.05) is 67.3 Å². The van der Waals surface area contributed by atoms with Crippen LogP contribution in [0.15, 0.2) is 54.7 Å². The smallest absolute Gasteiger partial charge is 0.276 e. The van der Waals surface area contributed by atoms with Crippen LogP contribution in [0.3, 0.4) is 0 Å². The van der Waals surface area contributed by atoms with Gasteiger partial charge in [0.25, 0.3) is 5.91 Å². The third kappa shape index (κ3) is 7.32. The molecule has 7 aromatic rings. The third-order valence-electron chi connectivity index (χ3n) is 9.65. The number of imidazole rings is 1. The van der Waals surface area contributed by atoms with Gasteiger partial charge >= 0.3 is 0 Å². The van der Waals surface area contributed by atoms with Gasteiger partial charge in [-0.1, -0.05) is 12.2 Å². The number of carbonyl (C=O) groups excluding carboxylic acids is 3. The summed E-state index contributed by atoms with van der Waals surface area (Å²) in [5, 5.41) is 22.7. The van der Waals surface area contributed by atoms with E-state index in [9.17, 15) is 19.5 Å². The Morgan fingerprint density at radius 3 is 2.19 bits per heavy atom. The van der Waals surface area contributed by atoms with E-state index in [0.717, 1.165) is 11.4 Å². The number of allylic oxidation sites excluding steroid dienone is 2. The maximum absolute atomic E-state index is 13.7. The van der Waals surface area contributed by atoms with Crippen LogP contribution in [0.25, 0.3) is 44.5 Å². The third-order valence-corrected chi connectivity index (χ3v) is 9.65. The number of nitrogens with two attached hydrogens (primary N) is 2. The van der Waals surface area contributed by atoms with Crippen LogP contribution in [0, 0.1) is 13.8 Å². The molecule has 6 N–H and O–H groups in total. The first-order valence-corrected chi connectivity index (χ1v) is 18.8. The molecule has 18 heteroatoms. The number of nitrogens with one attached hydrogen (secondary N) is 1. The molecule has 0 radical (unpaired) electrons. The number of carbonyl (C=O) groups is 3. The molecule has 0 aliphatic carbocycles. The number of hydrogen-bond donors (Lipinski definition) is 4. The Bertz CT molecular complexity index is 2760. The monoisotopic (exact) mass is 788 g/mol. The van der Waals surface area contributed by atoms with Gasteiger partial charge in [0.1, 0.15) is 34.1 Å². The molecule has 0 aliphatic rings. The standard InChI is InChI=1S/C40H44N12O6/c1-6-51-29(15-22(3)47-51)37-43-21-27-26-17-24(35(41)54)19-31(57-5)33(26)49(38(27)45-37)11-8-9-12-50-34-28(18-25(36(42)55)20-32(34)58-14-10-13-53)44-40(50)46-39(56)30-16-23(4)48-52(30)7-2/h8-9,15-21,53H,6-7,10-14H2,1-5H3,(H2,41,54)(H2,42,55)(H,44,46,56)/b9-8+. The summed E-state index contributed by atoms with van der Waals surface area (Å²) in [6, 6.07) is 10.0. The number of fused-ring (bicyclic) bond motifs is 4. The van der Waals surface area contributed by atoms with Gasteiger partial charge in [-0.2, -0.15) is 10.2 Å². The van der Waals surface area contributed by atoms with Crippen LogP contribution in [-0.4, -0.2) is 86.8 Å². The van der Waals surface area contributed by atoms with Crippen molar-refractivity contribution in [1.82, 2.24) is 43.6 Å². The molecule has 0 bridgehead atoms. The van der Waals surface area contributed by atoms with Crippen molar-refractivity contribution in [1.29, 1.82) is 0 Å². The number of benzene rings is 2. The van der Waals surface area contributed by atoms with Crippen molar-refractivity contribution in [2.24, 2.45) is 11.5 Å². The van der Waals surface area contributed by atoms with E-state index in [0.29, 0.717) is 87.7 Å². The van der Waals surface area contributed by atoms with Crippen LogP contribution in [0.1, 0.15) is 62.9 Å². The summed E-state index contributed by atoms with van der Waals surface area (Å²) in [7, 11) is 1.52. The molecule has 0 atom stereocenters. The molecule has 0 aliphatic heterocycles. The van der Waals surface area contributed by atoms with Crippen LogP contribution < -0.4 is 26.3 Å². The summed E-state index contributed by atoms with van der Waals surface area (Å²) in [6.45, 7) is 9.25. The van der Waals surface area contributed by atoms with Gasteiger partial charge in [-0.3, -0.25) is 29.1 Å². The maximum atomic E-state index is 13.7. The number of aliphatic hydroxyl groups excluding tert-OH is 1. The molecule has 300 valence electrons. The van der Waals surface area contributed by atoms with E-state index in [1.54, 1.807) is 39.7 Å². The Morgan fingerprint density at radius 2 is 1.50 bits per heavy atom. The second-order valence-electron chi connectivity index (χ2n) is 13.6. The van der Waals surface area contributed by atoms with E-state index >= 15 is 0 Å². The van der Waals surface area contributed by atoms with Crippen LogP contribution in [0.4, 0.5) is 5.95 Å². The zero-order valence-electron chi connectivity index (χ0n) is 32.8. The Kier molecular flexibility index (Phi) is 10.9. The lowest BCUT2D eigenvalue weighted by molar-refractivity contribution is 0.0991. The number of rotatable bonds is 16. The molecule has 5 aromatic heterocycles. The molecule has 18 nitrogen and oxygen atoms in total. The highest BCUT2D eigenvalue weighted by atomic mass is 16.5. The van der Waals surface area contributed by atoms with Gasteiger partial charge in [-0.15, -0.1) is 0 Å². The fourth-order valence-electron chi connectivity index (χ4n) is 7.03. The fourth-order valence-corrected chi connectivity index (χ4v) is 7.03. The van der Waals surface area contributed by atoms with Crippen molar-refractivity contribution in [3.8, 4) is 23.0 Å². The summed E-state index contributed by atoms with van der Waals surface area (Å²) < 4.78 is 19.1. The van der Waals surface area contributed by atoms with Crippen LogP contribution >= 0.6 is 0 Å². The summed E-state index contributed by atoms with van der Waals surface area (Å²) in [5.41, 5.74) is 16.6. The van der Waals surface area contributed by atoms with E-state index in [-0.39, 0.29) is 36.8 Å². The minimum Gasteiger partial charge on any atom is -0.495 e. The topological polar surface area (TPSA) is 238 Å². The predicted molar refractivity (Wildman–Crippen MR) is 217 cm³/mol. The Labute approximate surface area is 332 Å². The quantitative estimate of drug-likeness (QED) is 0.0802. The molecule has 0 unspecified atom stereocenters. The van der Waals surface area contributed by atoms with Crippen molar-refractivity contribution in [2.45, 2.75) is 60.3 Å². The first-order valence-electron chi connectivity index (χ1n) is 18.8. The number of primary amides is 2. The Hall–Kier alpha value is -7.08. The number of aryl methyl sites for hydroxylation is 4. The summed E-state index contributed by atoms with van der Waals surface area (Å²) in [4.78, 5) is 52.9. The van der Waals surface area contributed by atoms with Crippen LogP contribution in [-0.2, 0) is 26.2 Å². The molecule has 7 rings (SSSR count). The molecular formula is C40H44N12O6. The second kappa shape index (κ2) is 16.2. The van der Waals surface area contributed by atoms with Crippen molar-refractivity contribution in [3.63, 3.8) is 0 Å². The molecule has 0 fully saturated rings. The van der Waals surface area contributed by atoms with Gasteiger partial charge in [0.2, 0.25) is 17.8 Å². The minimum absolute atomic E-state index is 0.0990. The Morgan fingerprint density at radius 1 is 0.828 bits per heavy atom. The number of aromatic nitrogens is 9. The van der Waals surface area contributed by atoms with Gasteiger partial charge in [0.15, 0.2) is 5.82 Å². The van der Waals surface area contributed by atoms with Crippen molar-refractivity contribution in [2.75, 3.05) is 25.6 Å². The number of methoxy groups -OCH3 is 1. The van der Waals surface area contributed by atoms with Crippen LogP contribution in [0.5, 0.6) is 11.5 Å². The van der Waals surface area contributed by atoms with Gasteiger partial charge in [0.05, 0.1) is 36.1 Å². The van der Waals surface area contributed by atoms with Crippen molar-refractivity contribution >= 4 is 56.6 Å². The summed E-state index contributed by atoms with van der Waals surface area (Å²) in [5.74, 6) is -0.308. The molecule has 0 spiro atoms. The SMILES string of the molecule is CCn1nc(C)cc1C(=O)Nc1nc2cc(C(N)=O)cc(OCCCO)c2n1C/C=C/Cn1c2nc(-c3cc(C)nn3CC)ncc2c2cc(C(N)=O)cc(OC)c21. The highest BCUT2D eigenvalue weighted by Gasteiger charge is 2.23. The maximum Gasteiger partial charge on any atom is 0.276 e. The second-order valence-corrected chi connectivity index (χ2v) is 13.6. The number of amides is 3. The number of nitrogens with zero attached hydrogens (tertiary/aromatic N) is 9. The van der Waals surface area contributed by atoms with E-state index in [2.05, 4.69) is 15.5 Å². The van der Waals surface area contributed by atoms with E-state index < -0.39 is 17.7 Å².